The molecular weight excluding hydrogens is 582 g/mol. The lowest BCUT2D eigenvalue weighted by atomic mass is 9.97. The quantitative estimate of drug-likeness (QED) is 0.110. The molecule has 1 saturated heterocycles. The molecule has 0 spiro atoms. The smallest absolute Gasteiger partial charge is 0.334 e. The van der Waals surface area contributed by atoms with Crippen molar-refractivity contribution in [1.82, 2.24) is 15.2 Å². The van der Waals surface area contributed by atoms with E-state index in [-0.39, 0.29) is 22.1 Å². The number of carbonyl (C=O) groups is 5. The molecule has 1 fully saturated rings. The number of anilines is 1. The van der Waals surface area contributed by atoms with Gasteiger partial charge in [-0.15, -0.1) is 23.1 Å². The monoisotopic (exact) mass is 605 g/mol. The molecule has 14 heteroatoms. The average Bonchev–Trinajstić information content (AvgIpc) is 3.49. The summed E-state index contributed by atoms with van der Waals surface area (Å²) in [6.07, 6.45) is 0.185. The minimum atomic E-state index is -1.30. The summed E-state index contributed by atoms with van der Waals surface area (Å²) in [5, 5.41) is 11.3. The van der Waals surface area contributed by atoms with Crippen molar-refractivity contribution in [2.75, 3.05) is 12.4 Å². The Balaban J connectivity index is 1.35. The summed E-state index contributed by atoms with van der Waals surface area (Å²) in [5.74, 6) is -2.12. The van der Waals surface area contributed by atoms with Crippen LogP contribution in [-0.4, -0.2) is 70.6 Å². The van der Waals surface area contributed by atoms with E-state index >= 15 is 0 Å². The van der Waals surface area contributed by atoms with Crippen LogP contribution in [0.5, 0.6) is 0 Å². The number of β-lactam (4-membered cyclic amide) rings is 1. The fourth-order valence-electron chi connectivity index (χ4n) is 4.52. The van der Waals surface area contributed by atoms with Crippen LogP contribution in [0.1, 0.15) is 22.9 Å². The number of amides is 3. The summed E-state index contributed by atoms with van der Waals surface area (Å²) in [7, 11) is 1.25. The summed E-state index contributed by atoms with van der Waals surface area (Å²) >= 11 is 2.19. The van der Waals surface area contributed by atoms with Gasteiger partial charge in [0, 0.05) is 11.0 Å². The lowest BCUT2D eigenvalue weighted by Gasteiger charge is -2.51. The van der Waals surface area contributed by atoms with Gasteiger partial charge in [-0.2, -0.15) is 0 Å². The third-order valence-corrected chi connectivity index (χ3v) is 8.39. The lowest BCUT2D eigenvalue weighted by Crippen LogP contribution is -2.74. The van der Waals surface area contributed by atoms with E-state index < -0.39 is 41.3 Å². The molecule has 5 rings (SSSR count). The summed E-state index contributed by atoms with van der Waals surface area (Å²) in [4.78, 5) is 72.9. The van der Waals surface area contributed by atoms with E-state index in [1.54, 1.807) is 0 Å². The number of esters is 1. The molecule has 0 bridgehead atoms. The summed E-state index contributed by atoms with van der Waals surface area (Å²) < 4.78 is 5.96. The van der Waals surface area contributed by atoms with Gasteiger partial charge in [0.25, 0.3) is 5.91 Å². The molecule has 42 heavy (non-hydrogen) atoms. The van der Waals surface area contributed by atoms with E-state index in [1.165, 1.54) is 22.8 Å². The molecular formula is C28H23N5O7S2. The number of benzene rings is 2. The molecule has 2 unspecified atom stereocenters. The molecule has 2 N–H and O–H groups in total. The Labute approximate surface area is 247 Å². The number of nitrogens with one attached hydrogen (secondary N) is 2. The van der Waals surface area contributed by atoms with Gasteiger partial charge in [0.1, 0.15) is 30.5 Å². The van der Waals surface area contributed by atoms with Gasteiger partial charge < -0.3 is 25.1 Å². The first kappa shape index (κ1) is 28.7. The molecule has 2 aliphatic heterocycles. The molecule has 3 heterocycles. The van der Waals surface area contributed by atoms with Crippen LogP contribution in [0.4, 0.5) is 5.13 Å². The zero-order chi connectivity index (χ0) is 29.6. The van der Waals surface area contributed by atoms with Gasteiger partial charge in [-0.3, -0.25) is 19.2 Å². The van der Waals surface area contributed by atoms with Crippen molar-refractivity contribution in [2.45, 2.75) is 23.6 Å². The molecule has 12 nitrogen and oxygen atoms in total. The normalized spacial score (nSPS) is 19.6. The fourth-order valence-corrected chi connectivity index (χ4v) is 6.36. The number of hydrogen-bond acceptors (Lipinski definition) is 11. The highest BCUT2D eigenvalue weighted by Crippen LogP contribution is 2.40. The topological polar surface area (TPSA) is 156 Å². The van der Waals surface area contributed by atoms with Crippen LogP contribution in [0.2, 0.25) is 0 Å². The number of aromatic nitrogens is 1. The second-order valence-electron chi connectivity index (χ2n) is 8.92. The second kappa shape index (κ2) is 12.8. The van der Waals surface area contributed by atoms with Gasteiger partial charge in [-0.25, -0.2) is 9.78 Å². The van der Waals surface area contributed by atoms with Crippen molar-refractivity contribution < 1.29 is 33.5 Å². The van der Waals surface area contributed by atoms with Crippen LogP contribution in [-0.2, 0) is 33.5 Å². The number of rotatable bonds is 11. The van der Waals surface area contributed by atoms with E-state index in [1.807, 2.05) is 60.7 Å². The Morgan fingerprint density at radius 1 is 1.07 bits per heavy atom. The molecule has 1 aromatic heterocycles. The SMILES string of the molecule is CO/N=C(/C(=O)NC1C(=O)N2C(C(=O)OC(c3ccccc3)c3ccccc3)C(C=O)=CS[C@H]12)c1csc(NC=O)n1. The highest BCUT2D eigenvalue weighted by molar-refractivity contribution is 8.03. The Morgan fingerprint density at radius 2 is 1.74 bits per heavy atom. The van der Waals surface area contributed by atoms with Crippen molar-refractivity contribution in [3.8, 4) is 0 Å². The van der Waals surface area contributed by atoms with E-state index in [2.05, 4.69) is 20.8 Å². The number of ether oxygens (including phenoxy) is 1. The number of oxime groups is 1. The van der Waals surface area contributed by atoms with Crippen molar-refractivity contribution in [2.24, 2.45) is 5.16 Å². The third kappa shape index (κ3) is 5.66. The molecule has 214 valence electrons. The molecule has 0 radical (unpaired) electrons. The maximum Gasteiger partial charge on any atom is 0.334 e. The van der Waals surface area contributed by atoms with Gasteiger partial charge in [0.05, 0.1) is 0 Å². The first-order valence-corrected chi connectivity index (χ1v) is 14.3. The molecule has 3 atom stereocenters. The van der Waals surface area contributed by atoms with Crippen LogP contribution < -0.4 is 10.6 Å². The summed E-state index contributed by atoms with van der Waals surface area (Å²) in [6, 6.07) is 15.9. The predicted octanol–water partition coefficient (Wildman–Crippen LogP) is 2.25. The van der Waals surface area contributed by atoms with Crippen LogP contribution in [0.15, 0.2) is 82.2 Å². The first-order valence-electron chi connectivity index (χ1n) is 12.5. The molecule has 0 saturated carbocycles. The van der Waals surface area contributed by atoms with Crippen molar-refractivity contribution in [3.05, 3.63) is 93.8 Å². The Morgan fingerprint density at radius 3 is 2.33 bits per heavy atom. The lowest BCUT2D eigenvalue weighted by molar-refractivity contribution is -0.165. The fraction of sp³-hybridized carbons (Fsp3) is 0.179. The Bertz CT molecular complexity index is 1520. The van der Waals surface area contributed by atoms with E-state index in [4.69, 9.17) is 9.57 Å². The molecule has 2 aromatic carbocycles. The highest BCUT2D eigenvalue weighted by Gasteiger charge is 2.56. The maximum atomic E-state index is 13.6. The average molecular weight is 606 g/mol. The van der Waals surface area contributed by atoms with Gasteiger partial charge >= 0.3 is 5.97 Å². The van der Waals surface area contributed by atoms with Crippen LogP contribution in [0.3, 0.4) is 0 Å². The van der Waals surface area contributed by atoms with Crippen LogP contribution >= 0.6 is 23.1 Å². The van der Waals surface area contributed by atoms with Gasteiger partial charge in [0.2, 0.25) is 12.3 Å². The van der Waals surface area contributed by atoms with Crippen LogP contribution in [0, 0.1) is 0 Å². The number of thiazole rings is 1. The Hall–Kier alpha value is -4.82. The van der Waals surface area contributed by atoms with Crippen molar-refractivity contribution >= 4 is 64.4 Å². The van der Waals surface area contributed by atoms with Crippen LogP contribution in [0.25, 0.3) is 0 Å². The number of aldehydes is 1. The maximum absolute atomic E-state index is 13.6. The van der Waals surface area contributed by atoms with Gasteiger partial charge in [0.15, 0.2) is 23.0 Å². The molecule has 3 amide bonds. The zero-order valence-corrected chi connectivity index (χ0v) is 23.5. The predicted molar refractivity (Wildman–Crippen MR) is 154 cm³/mol. The standard InChI is InChI=1S/C28H23N5O7S2/c1-39-32-20(19-14-42-28(30-19)29-15-35)24(36)31-21-25(37)33-22(18(12-34)13-41-26(21)33)27(38)40-23(16-8-4-2-5-9-16)17-10-6-3-7-11-17/h2-15,21-23,26H,1H3,(H,31,36)(H,29,30,35)/b32-20+/t21?,22?,26-/m1/s1. The van der Waals surface area contributed by atoms with E-state index in [0.717, 1.165) is 23.1 Å². The largest absolute Gasteiger partial charge is 0.451 e. The number of nitrogens with zero attached hydrogens (tertiary/aromatic N) is 3. The molecule has 0 aliphatic carbocycles. The summed E-state index contributed by atoms with van der Waals surface area (Å²) in [6.45, 7) is 0. The number of fused-ring (bicyclic) bond motifs is 1. The number of thioether (sulfide) groups is 1. The molecule has 2 aliphatic rings. The highest BCUT2D eigenvalue weighted by atomic mass is 32.2. The van der Waals surface area contributed by atoms with Gasteiger partial charge in [-0.1, -0.05) is 65.8 Å². The first-order chi connectivity index (χ1) is 20.5. The third-order valence-electron chi connectivity index (χ3n) is 6.43. The number of hydrogen-bond donors (Lipinski definition) is 2. The molecule has 3 aromatic rings. The van der Waals surface area contributed by atoms with Gasteiger partial charge in [-0.05, 0) is 16.5 Å². The minimum Gasteiger partial charge on any atom is -0.451 e. The van der Waals surface area contributed by atoms with Crippen molar-refractivity contribution in [1.29, 1.82) is 0 Å². The van der Waals surface area contributed by atoms with Crippen molar-refractivity contribution in [3.63, 3.8) is 0 Å². The minimum absolute atomic E-state index is 0.0681. The zero-order valence-electron chi connectivity index (χ0n) is 21.9. The van der Waals surface area contributed by atoms with E-state index in [0.29, 0.717) is 23.8 Å². The Kier molecular flexibility index (Phi) is 8.74. The number of carbonyl (C=O) groups excluding carboxylic acids is 5. The second-order valence-corrected chi connectivity index (χ2v) is 10.8. The van der Waals surface area contributed by atoms with E-state index in [9.17, 15) is 24.0 Å². The summed E-state index contributed by atoms with van der Waals surface area (Å²) in [5.41, 5.74) is 1.41.